The number of hydrogen-bond acceptors (Lipinski definition) is 5. The first-order chi connectivity index (χ1) is 12.4. The SMILES string of the molecule is Cc1cc(I)ccc1Nc1cc([N+](=O)[O-])c(-n2cccn2)cc1C(=O)O. The van der Waals surface area contributed by atoms with Crippen LogP contribution in [0.3, 0.4) is 0 Å². The minimum Gasteiger partial charge on any atom is -0.478 e. The van der Waals surface area contributed by atoms with Gasteiger partial charge in [-0.3, -0.25) is 10.1 Å². The van der Waals surface area contributed by atoms with E-state index in [1.54, 1.807) is 12.1 Å². The topological polar surface area (TPSA) is 110 Å². The Kier molecular flexibility index (Phi) is 4.89. The molecule has 2 N–H and O–H groups in total. The molecule has 0 radical (unpaired) electrons. The van der Waals surface area contributed by atoms with Gasteiger partial charge in [0.05, 0.1) is 16.2 Å². The number of anilines is 2. The van der Waals surface area contributed by atoms with E-state index in [1.165, 1.54) is 29.2 Å². The van der Waals surface area contributed by atoms with Gasteiger partial charge in [-0.25, -0.2) is 9.48 Å². The second-order valence-corrected chi connectivity index (χ2v) is 6.73. The van der Waals surface area contributed by atoms with E-state index in [0.717, 1.165) is 9.13 Å². The van der Waals surface area contributed by atoms with Crippen molar-refractivity contribution in [3.63, 3.8) is 0 Å². The van der Waals surface area contributed by atoms with Crippen molar-refractivity contribution < 1.29 is 14.8 Å². The molecule has 9 heteroatoms. The van der Waals surface area contributed by atoms with Crippen LogP contribution in [0, 0.1) is 20.6 Å². The maximum absolute atomic E-state index is 11.7. The van der Waals surface area contributed by atoms with Gasteiger partial charge in [-0.1, -0.05) is 0 Å². The van der Waals surface area contributed by atoms with Gasteiger partial charge in [-0.2, -0.15) is 5.10 Å². The summed E-state index contributed by atoms with van der Waals surface area (Å²) in [6.07, 6.45) is 2.98. The van der Waals surface area contributed by atoms with Crippen LogP contribution in [0.4, 0.5) is 17.1 Å². The van der Waals surface area contributed by atoms with Crippen molar-refractivity contribution in [3.8, 4) is 5.69 Å². The zero-order valence-electron chi connectivity index (χ0n) is 13.5. The highest BCUT2D eigenvalue weighted by atomic mass is 127. The highest BCUT2D eigenvalue weighted by molar-refractivity contribution is 14.1. The summed E-state index contributed by atoms with van der Waals surface area (Å²) in [6, 6.07) is 9.66. The molecule has 0 unspecified atom stereocenters. The smallest absolute Gasteiger partial charge is 0.337 e. The number of carboxylic acids is 1. The number of aromatic nitrogens is 2. The largest absolute Gasteiger partial charge is 0.478 e. The number of halogens is 1. The molecule has 0 amide bonds. The van der Waals surface area contributed by atoms with E-state index in [0.29, 0.717) is 5.69 Å². The summed E-state index contributed by atoms with van der Waals surface area (Å²) in [5.74, 6) is -1.20. The highest BCUT2D eigenvalue weighted by Crippen LogP contribution is 2.33. The van der Waals surface area contributed by atoms with Crippen molar-refractivity contribution in [2.75, 3.05) is 5.32 Å². The molecule has 0 aliphatic heterocycles. The second kappa shape index (κ2) is 7.12. The predicted octanol–water partition coefficient (Wildman–Crippen LogP) is 4.14. The zero-order valence-corrected chi connectivity index (χ0v) is 15.7. The van der Waals surface area contributed by atoms with Gasteiger partial charge in [-0.05, 0) is 65.4 Å². The Bertz CT molecular complexity index is 1000. The number of rotatable bonds is 5. The van der Waals surface area contributed by atoms with Gasteiger partial charge in [0.2, 0.25) is 0 Å². The van der Waals surface area contributed by atoms with E-state index >= 15 is 0 Å². The number of carbonyl (C=O) groups is 1. The molecule has 2 aromatic carbocycles. The molecule has 0 saturated carbocycles. The van der Waals surface area contributed by atoms with Crippen LogP contribution < -0.4 is 5.32 Å². The standard InChI is InChI=1S/C17H13IN4O4/c1-10-7-11(18)3-4-13(10)20-14-9-16(22(25)26)15(8-12(14)17(23)24)21-6-2-5-19-21/h2-9,20H,1H3,(H,23,24). The first-order valence-corrected chi connectivity index (χ1v) is 8.53. The molecule has 26 heavy (non-hydrogen) atoms. The summed E-state index contributed by atoms with van der Waals surface area (Å²) >= 11 is 2.17. The lowest BCUT2D eigenvalue weighted by Crippen LogP contribution is -2.08. The molecule has 1 heterocycles. The molecular weight excluding hydrogens is 451 g/mol. The Morgan fingerprint density at radius 1 is 1.31 bits per heavy atom. The van der Waals surface area contributed by atoms with Crippen LogP contribution in [0.2, 0.25) is 0 Å². The number of nitrogens with one attached hydrogen (secondary N) is 1. The summed E-state index contributed by atoms with van der Waals surface area (Å²) in [4.78, 5) is 22.7. The van der Waals surface area contributed by atoms with Gasteiger partial charge in [0.25, 0.3) is 5.69 Å². The van der Waals surface area contributed by atoms with Crippen LogP contribution in [0.5, 0.6) is 0 Å². The van der Waals surface area contributed by atoms with E-state index < -0.39 is 10.9 Å². The van der Waals surface area contributed by atoms with Gasteiger partial charge in [-0.15, -0.1) is 0 Å². The predicted molar refractivity (Wildman–Crippen MR) is 104 cm³/mol. The molecular formula is C17H13IN4O4. The molecule has 132 valence electrons. The lowest BCUT2D eigenvalue weighted by atomic mass is 10.1. The van der Waals surface area contributed by atoms with Gasteiger partial charge < -0.3 is 10.4 Å². The molecule has 0 atom stereocenters. The van der Waals surface area contributed by atoms with Gasteiger partial charge in [0.15, 0.2) is 0 Å². The fourth-order valence-corrected chi connectivity index (χ4v) is 3.16. The average Bonchev–Trinajstić information content (AvgIpc) is 3.11. The number of nitrogens with zero attached hydrogens (tertiary/aromatic N) is 3. The Labute approximate surface area is 161 Å². The van der Waals surface area contributed by atoms with E-state index in [1.807, 2.05) is 19.1 Å². The number of nitro groups is 1. The minimum atomic E-state index is -1.20. The first-order valence-electron chi connectivity index (χ1n) is 7.45. The third-order valence-corrected chi connectivity index (χ3v) is 4.42. The van der Waals surface area contributed by atoms with Gasteiger partial charge >= 0.3 is 5.97 Å². The number of nitro benzene ring substituents is 1. The van der Waals surface area contributed by atoms with E-state index in [2.05, 4.69) is 33.0 Å². The van der Waals surface area contributed by atoms with Crippen molar-refractivity contribution in [2.45, 2.75) is 6.92 Å². The third-order valence-electron chi connectivity index (χ3n) is 3.75. The molecule has 0 saturated heterocycles. The molecule has 3 rings (SSSR count). The number of aromatic carboxylic acids is 1. The Hall–Kier alpha value is -2.95. The average molecular weight is 464 g/mol. The molecule has 8 nitrogen and oxygen atoms in total. The minimum absolute atomic E-state index is 0.0842. The summed E-state index contributed by atoms with van der Waals surface area (Å²) in [5, 5.41) is 28.0. The van der Waals surface area contributed by atoms with Crippen molar-refractivity contribution >= 4 is 45.6 Å². The van der Waals surface area contributed by atoms with Crippen LogP contribution >= 0.6 is 22.6 Å². The first kappa shape index (κ1) is 17.9. The summed E-state index contributed by atoms with van der Waals surface area (Å²) in [5.41, 5.74) is 1.47. The van der Waals surface area contributed by atoms with E-state index in [9.17, 15) is 20.0 Å². The molecule has 0 fully saturated rings. The van der Waals surface area contributed by atoms with Crippen molar-refractivity contribution in [3.05, 3.63) is 73.6 Å². The Morgan fingerprint density at radius 2 is 2.08 bits per heavy atom. The normalized spacial score (nSPS) is 10.5. The Morgan fingerprint density at radius 3 is 2.65 bits per heavy atom. The van der Waals surface area contributed by atoms with E-state index in [-0.39, 0.29) is 22.6 Å². The fourth-order valence-electron chi connectivity index (χ4n) is 2.51. The van der Waals surface area contributed by atoms with Crippen LogP contribution in [0.25, 0.3) is 5.69 Å². The van der Waals surface area contributed by atoms with Crippen molar-refractivity contribution in [1.82, 2.24) is 9.78 Å². The fraction of sp³-hybridized carbons (Fsp3) is 0.0588. The van der Waals surface area contributed by atoms with Crippen molar-refractivity contribution in [2.24, 2.45) is 0 Å². The maximum Gasteiger partial charge on any atom is 0.337 e. The summed E-state index contributed by atoms with van der Waals surface area (Å²) in [6.45, 7) is 1.87. The number of benzene rings is 2. The number of hydrogen-bond donors (Lipinski definition) is 2. The van der Waals surface area contributed by atoms with Gasteiger partial charge in [0.1, 0.15) is 5.69 Å². The number of aryl methyl sites for hydroxylation is 1. The second-order valence-electron chi connectivity index (χ2n) is 5.48. The van der Waals surface area contributed by atoms with Crippen molar-refractivity contribution in [1.29, 1.82) is 0 Å². The summed E-state index contributed by atoms with van der Waals surface area (Å²) < 4.78 is 2.30. The molecule has 1 aromatic heterocycles. The number of carboxylic acid groups (broad SMARTS) is 1. The molecule has 0 bridgehead atoms. The van der Waals surface area contributed by atoms with E-state index in [4.69, 9.17) is 0 Å². The lowest BCUT2D eigenvalue weighted by molar-refractivity contribution is -0.384. The van der Waals surface area contributed by atoms with Gasteiger partial charge in [0, 0.05) is 27.7 Å². The molecule has 3 aromatic rings. The quantitative estimate of drug-likeness (QED) is 0.334. The monoisotopic (exact) mass is 464 g/mol. The van der Waals surface area contributed by atoms with Crippen LogP contribution in [0.15, 0.2) is 48.8 Å². The molecule has 0 spiro atoms. The zero-order chi connectivity index (χ0) is 18.8. The highest BCUT2D eigenvalue weighted by Gasteiger charge is 2.23. The lowest BCUT2D eigenvalue weighted by Gasteiger charge is -2.14. The Balaban J connectivity index is 2.16. The summed E-state index contributed by atoms with van der Waals surface area (Å²) in [7, 11) is 0. The van der Waals surface area contributed by atoms with Crippen LogP contribution in [-0.2, 0) is 0 Å². The molecule has 0 aliphatic rings. The third kappa shape index (κ3) is 3.52. The van der Waals surface area contributed by atoms with Crippen LogP contribution in [-0.4, -0.2) is 25.8 Å². The maximum atomic E-state index is 11.7. The molecule has 0 aliphatic carbocycles. The van der Waals surface area contributed by atoms with Crippen LogP contribution in [0.1, 0.15) is 15.9 Å².